The van der Waals surface area contributed by atoms with Gasteiger partial charge in [0.1, 0.15) is 6.04 Å². The molecule has 1 saturated heterocycles. The molecule has 0 aromatic carbocycles. The van der Waals surface area contributed by atoms with Crippen LogP contribution in [0.1, 0.15) is 73.6 Å². The van der Waals surface area contributed by atoms with Gasteiger partial charge in [0.05, 0.1) is 23.4 Å². The van der Waals surface area contributed by atoms with Gasteiger partial charge in [-0.25, -0.2) is 15.1 Å². The average molecular weight is 569 g/mol. The van der Waals surface area contributed by atoms with E-state index in [1.807, 2.05) is 6.92 Å². The van der Waals surface area contributed by atoms with Crippen molar-refractivity contribution in [2.45, 2.75) is 97.3 Å². The molecule has 6 atom stereocenters. The quantitative estimate of drug-likeness (QED) is 0.0610. The lowest BCUT2D eigenvalue weighted by Crippen LogP contribution is -2.65. The van der Waals surface area contributed by atoms with Gasteiger partial charge in [-0.2, -0.15) is 11.8 Å². The molecule has 220 valence electrons. The van der Waals surface area contributed by atoms with Gasteiger partial charge in [-0.3, -0.25) is 9.59 Å². The maximum Gasteiger partial charge on any atom is 0.481 e. The van der Waals surface area contributed by atoms with Crippen LogP contribution in [0.25, 0.3) is 0 Å². The highest BCUT2D eigenvalue weighted by Gasteiger charge is 2.68. The molecule has 0 radical (unpaired) electrons. The van der Waals surface area contributed by atoms with Gasteiger partial charge in [0.25, 0.3) is 5.96 Å². The Morgan fingerprint density at radius 1 is 1.26 bits per heavy atom. The topological polar surface area (TPSA) is 170 Å². The number of guanidine groups is 1. The number of carbonyl (C=O) groups is 2. The van der Waals surface area contributed by atoms with Gasteiger partial charge in [-0.05, 0) is 67.9 Å². The predicted molar refractivity (Wildman–Crippen MR) is 152 cm³/mol. The number of nitrogens with zero attached hydrogens (tertiary/aromatic N) is 2. The van der Waals surface area contributed by atoms with Crippen molar-refractivity contribution >= 4 is 36.7 Å². The van der Waals surface area contributed by atoms with E-state index in [0.29, 0.717) is 31.1 Å². The second kappa shape index (κ2) is 13.1. The molecule has 14 heteroatoms. The maximum absolute atomic E-state index is 13.5. The molecule has 2 amide bonds. The van der Waals surface area contributed by atoms with Crippen molar-refractivity contribution in [3.8, 4) is 0 Å². The van der Waals surface area contributed by atoms with Gasteiger partial charge >= 0.3 is 7.12 Å². The number of nitro groups is 1. The number of nitrogens with two attached hydrogens (primary N) is 1. The van der Waals surface area contributed by atoms with Crippen LogP contribution in [-0.2, 0) is 18.9 Å². The molecular weight excluding hydrogens is 523 g/mol. The zero-order chi connectivity index (χ0) is 29.0. The fourth-order valence-corrected chi connectivity index (χ4v) is 6.90. The number of hydrogen-bond donors (Lipinski definition) is 4. The van der Waals surface area contributed by atoms with Crippen molar-refractivity contribution in [3.63, 3.8) is 0 Å². The van der Waals surface area contributed by atoms with E-state index in [2.05, 4.69) is 50.2 Å². The fraction of sp³-hybridized carbons (Fsp3) is 0.880. The van der Waals surface area contributed by atoms with Gasteiger partial charge in [0.15, 0.2) is 5.03 Å². The van der Waals surface area contributed by atoms with Gasteiger partial charge < -0.3 is 25.7 Å². The Bertz CT molecular complexity index is 939. The van der Waals surface area contributed by atoms with Crippen molar-refractivity contribution in [2.24, 2.45) is 33.9 Å². The molecule has 1 aliphatic heterocycles. The normalized spacial score (nSPS) is 28.7. The van der Waals surface area contributed by atoms with Crippen LogP contribution in [0.15, 0.2) is 4.99 Å². The summed E-state index contributed by atoms with van der Waals surface area (Å²) in [6.07, 6.45) is 3.46. The number of carbonyl (C=O) groups excluding carboxylic acids is 2. The molecule has 4 rings (SSSR count). The molecular formula is C25H45BN6O6S. The van der Waals surface area contributed by atoms with E-state index in [0.717, 1.165) is 18.6 Å². The summed E-state index contributed by atoms with van der Waals surface area (Å²) in [5.41, 5.74) is 7.10. The molecule has 0 unspecified atom stereocenters. The molecule has 1 heterocycles. The van der Waals surface area contributed by atoms with Crippen molar-refractivity contribution < 1.29 is 23.9 Å². The lowest BCUT2D eigenvalue weighted by molar-refractivity contribution is -0.525. The Balaban J connectivity index is 1.68. The molecule has 0 aromatic heterocycles. The zero-order valence-corrected chi connectivity index (χ0v) is 24.8. The Kier molecular flexibility index (Phi) is 10.5. The average Bonchev–Trinajstić information content (AvgIpc) is 3.20. The number of rotatable bonds is 14. The third-order valence-corrected chi connectivity index (χ3v) is 9.45. The highest BCUT2D eigenvalue weighted by molar-refractivity contribution is 7.99. The van der Waals surface area contributed by atoms with Gasteiger partial charge in [-0.15, -0.1) is 0 Å². The van der Waals surface area contributed by atoms with Crippen LogP contribution >= 0.6 is 11.8 Å². The summed E-state index contributed by atoms with van der Waals surface area (Å²) >= 11 is 1.47. The van der Waals surface area contributed by atoms with Crippen LogP contribution in [-0.4, -0.2) is 71.7 Å². The van der Waals surface area contributed by atoms with Crippen LogP contribution in [0.5, 0.6) is 0 Å². The largest absolute Gasteiger partial charge is 0.481 e. The summed E-state index contributed by atoms with van der Waals surface area (Å²) in [5.74, 6) is 1.13. The number of amides is 2. The predicted octanol–water partition coefficient (Wildman–Crippen LogP) is 1.90. The first-order valence-electron chi connectivity index (χ1n) is 14.0. The monoisotopic (exact) mass is 568 g/mol. The highest BCUT2D eigenvalue weighted by Crippen LogP contribution is 2.65. The second-order valence-corrected chi connectivity index (χ2v) is 13.4. The first kappa shape index (κ1) is 31.5. The number of hydrazine groups is 1. The van der Waals surface area contributed by atoms with Crippen molar-refractivity contribution in [2.75, 3.05) is 18.1 Å². The van der Waals surface area contributed by atoms with Crippen LogP contribution in [0.4, 0.5) is 0 Å². The summed E-state index contributed by atoms with van der Waals surface area (Å²) in [6, 6.07) is -0.796. The van der Waals surface area contributed by atoms with Crippen LogP contribution in [0, 0.1) is 33.3 Å². The third-order valence-electron chi connectivity index (χ3n) is 8.58. The maximum atomic E-state index is 13.5. The molecule has 4 fully saturated rings. The highest BCUT2D eigenvalue weighted by atomic mass is 32.2. The van der Waals surface area contributed by atoms with E-state index < -0.39 is 18.2 Å². The second-order valence-electron chi connectivity index (χ2n) is 12.1. The third kappa shape index (κ3) is 7.57. The Hall–Kier alpha value is -2.06. The first-order valence-corrected chi connectivity index (χ1v) is 15.1. The fourth-order valence-electron chi connectivity index (χ4n) is 6.42. The molecule has 0 aromatic rings. The summed E-state index contributed by atoms with van der Waals surface area (Å²) in [4.78, 5) is 40.5. The Morgan fingerprint density at radius 2 is 1.97 bits per heavy atom. The minimum absolute atomic E-state index is 0.00324. The van der Waals surface area contributed by atoms with E-state index in [1.165, 1.54) is 11.8 Å². The smallest absolute Gasteiger partial charge is 0.404 e. The lowest BCUT2D eigenvalue weighted by atomic mass is 9.43. The van der Waals surface area contributed by atoms with E-state index in [4.69, 9.17) is 15.0 Å². The molecule has 3 aliphatic carbocycles. The van der Waals surface area contributed by atoms with E-state index in [9.17, 15) is 19.7 Å². The molecule has 5 N–H and O–H groups in total. The van der Waals surface area contributed by atoms with Crippen molar-refractivity contribution in [3.05, 3.63) is 10.1 Å². The van der Waals surface area contributed by atoms with Crippen molar-refractivity contribution in [1.82, 2.24) is 16.1 Å². The minimum Gasteiger partial charge on any atom is -0.404 e. The van der Waals surface area contributed by atoms with Crippen LogP contribution < -0.4 is 21.8 Å². The standard InChI is InChI=1S/C25H45BN6O6S/c1-7-39-14-21(33)29-17(9-8-10-28-23(27)31-32(35)36)22(34)30-20(11-15(2)3)26-37-19-13-16-12-18(24(16,4)5)25(19,6)38-26/h15-20H,7-14H2,1-6H3,(H,29,33)(H,30,34)(H3,27,28,31)/t16-,17+,18-,19-,20+,25+/m1/s1. The molecule has 4 aliphatic rings. The number of aliphatic imine (C=N–C) groups is 1. The molecule has 0 spiro atoms. The van der Waals surface area contributed by atoms with Crippen LogP contribution in [0.2, 0.25) is 0 Å². The summed E-state index contributed by atoms with van der Waals surface area (Å²) in [6.45, 7) is 13.1. The van der Waals surface area contributed by atoms with Gasteiger partial charge in [0.2, 0.25) is 11.8 Å². The number of hydrogen-bond acceptors (Lipinski definition) is 8. The summed E-state index contributed by atoms with van der Waals surface area (Å²) in [5, 5.41) is 15.7. The van der Waals surface area contributed by atoms with Gasteiger partial charge in [-0.1, -0.05) is 40.0 Å². The van der Waals surface area contributed by atoms with Gasteiger partial charge in [0, 0.05) is 6.54 Å². The minimum atomic E-state index is -0.796. The Morgan fingerprint density at radius 3 is 2.59 bits per heavy atom. The van der Waals surface area contributed by atoms with Crippen molar-refractivity contribution in [1.29, 1.82) is 0 Å². The molecule has 2 bridgehead atoms. The Labute approximate surface area is 236 Å². The summed E-state index contributed by atoms with van der Waals surface area (Å²) in [7, 11) is -0.564. The molecule has 12 nitrogen and oxygen atoms in total. The molecule has 39 heavy (non-hydrogen) atoms. The summed E-state index contributed by atoms with van der Waals surface area (Å²) < 4.78 is 13.1. The first-order chi connectivity index (χ1) is 18.3. The molecule has 3 saturated carbocycles. The van der Waals surface area contributed by atoms with E-state index in [-0.39, 0.29) is 59.1 Å². The van der Waals surface area contributed by atoms with E-state index >= 15 is 0 Å². The number of nitrogens with one attached hydrogen (secondary N) is 3. The lowest BCUT2D eigenvalue weighted by Gasteiger charge is -2.64. The number of thioether (sulfide) groups is 1. The SMILES string of the molecule is CCSCC(=O)N[C@@H](CCCN=C(N)N[N+](=O)[O-])C(=O)N[C@@H](CC(C)C)B1O[C@@H]2C[C@H]3C[C@H](C3(C)C)[C@]2(C)O1. The zero-order valence-electron chi connectivity index (χ0n) is 24.0. The van der Waals surface area contributed by atoms with E-state index in [1.54, 1.807) is 5.43 Å². The van der Waals surface area contributed by atoms with Crippen LogP contribution in [0.3, 0.4) is 0 Å².